The third kappa shape index (κ3) is 1.34. The van der Waals surface area contributed by atoms with Crippen molar-refractivity contribution in [2.75, 3.05) is 6.61 Å². The van der Waals surface area contributed by atoms with Gasteiger partial charge in [-0.2, -0.15) is 0 Å². The van der Waals surface area contributed by atoms with Crippen LogP contribution in [0.1, 0.15) is 19.8 Å². The Hall–Kier alpha value is -0.300. The minimum Gasteiger partial charge on any atom is -0.370 e. The van der Waals surface area contributed by atoms with Crippen molar-refractivity contribution in [1.82, 2.24) is 0 Å². The monoisotopic (exact) mass is 112 g/mol. The highest BCUT2D eigenvalue weighted by Crippen LogP contribution is 2.08. The molecule has 1 heteroatoms. The lowest BCUT2D eigenvalue weighted by Crippen LogP contribution is -2.02. The summed E-state index contributed by atoms with van der Waals surface area (Å²) in [4.78, 5) is 0. The fourth-order valence-electron chi connectivity index (χ4n) is 0.906. The molecule has 0 N–H and O–H groups in total. The molecule has 1 atom stereocenters. The summed E-state index contributed by atoms with van der Waals surface area (Å²) in [6, 6.07) is 0. The van der Waals surface area contributed by atoms with Crippen molar-refractivity contribution in [2.45, 2.75) is 25.9 Å². The van der Waals surface area contributed by atoms with Gasteiger partial charge in [0.15, 0.2) is 0 Å². The average molecular weight is 112 g/mol. The fraction of sp³-hybridized carbons (Fsp3) is 0.714. The van der Waals surface area contributed by atoms with E-state index in [1.807, 2.05) is 0 Å². The third-order valence-corrected chi connectivity index (χ3v) is 1.33. The van der Waals surface area contributed by atoms with Crippen molar-refractivity contribution >= 4 is 0 Å². The van der Waals surface area contributed by atoms with Crippen LogP contribution in [-0.2, 0) is 4.74 Å². The van der Waals surface area contributed by atoms with E-state index >= 15 is 0 Å². The predicted molar refractivity (Wildman–Crippen MR) is 33.8 cm³/mol. The normalized spacial score (nSPS) is 26.9. The van der Waals surface area contributed by atoms with Gasteiger partial charge >= 0.3 is 0 Å². The van der Waals surface area contributed by atoms with E-state index in [0.717, 1.165) is 6.61 Å². The van der Waals surface area contributed by atoms with Crippen LogP contribution >= 0.6 is 0 Å². The van der Waals surface area contributed by atoms with E-state index in [-0.39, 0.29) is 0 Å². The van der Waals surface area contributed by atoms with Crippen molar-refractivity contribution in [3.63, 3.8) is 0 Å². The van der Waals surface area contributed by atoms with Gasteiger partial charge in [0, 0.05) is 0 Å². The van der Waals surface area contributed by atoms with Crippen LogP contribution < -0.4 is 0 Å². The second-order valence-electron chi connectivity index (χ2n) is 2.09. The summed E-state index contributed by atoms with van der Waals surface area (Å²) in [6.07, 6.45) is 7.05. The maximum atomic E-state index is 5.28. The Morgan fingerprint density at radius 3 is 3.12 bits per heavy atom. The molecule has 8 heavy (non-hydrogen) atoms. The molecule has 0 saturated heterocycles. The van der Waals surface area contributed by atoms with Crippen molar-refractivity contribution < 1.29 is 4.74 Å². The van der Waals surface area contributed by atoms with E-state index < -0.39 is 0 Å². The van der Waals surface area contributed by atoms with E-state index in [1.54, 1.807) is 0 Å². The van der Waals surface area contributed by atoms with Gasteiger partial charge in [-0.1, -0.05) is 25.5 Å². The van der Waals surface area contributed by atoms with Crippen molar-refractivity contribution in [3.05, 3.63) is 12.2 Å². The van der Waals surface area contributed by atoms with Crippen molar-refractivity contribution in [1.29, 1.82) is 0 Å². The third-order valence-electron chi connectivity index (χ3n) is 1.33. The van der Waals surface area contributed by atoms with E-state index in [2.05, 4.69) is 19.1 Å². The molecule has 0 spiro atoms. The lowest BCUT2D eigenvalue weighted by molar-refractivity contribution is 0.121. The molecule has 46 valence electrons. The second-order valence-corrected chi connectivity index (χ2v) is 2.09. The van der Waals surface area contributed by atoms with Gasteiger partial charge in [0.2, 0.25) is 0 Å². The average Bonchev–Trinajstić information content (AvgIpc) is 2.19. The Morgan fingerprint density at radius 2 is 2.62 bits per heavy atom. The fourth-order valence-corrected chi connectivity index (χ4v) is 0.906. The molecule has 1 aliphatic rings. The first-order valence-corrected chi connectivity index (χ1v) is 3.21. The molecule has 0 saturated carbocycles. The largest absolute Gasteiger partial charge is 0.370 e. The van der Waals surface area contributed by atoms with Crippen LogP contribution in [-0.4, -0.2) is 12.7 Å². The molecule has 0 fully saturated rings. The highest BCUT2D eigenvalue weighted by molar-refractivity contribution is 4.95. The van der Waals surface area contributed by atoms with Crippen LogP contribution in [0.3, 0.4) is 0 Å². The smallest absolute Gasteiger partial charge is 0.0760 e. The molecule has 0 aliphatic carbocycles. The van der Waals surface area contributed by atoms with Gasteiger partial charge in [-0.05, 0) is 6.42 Å². The van der Waals surface area contributed by atoms with Crippen LogP contribution in [0.25, 0.3) is 0 Å². The summed E-state index contributed by atoms with van der Waals surface area (Å²) in [5.41, 5.74) is 0. The summed E-state index contributed by atoms with van der Waals surface area (Å²) < 4.78 is 5.28. The van der Waals surface area contributed by atoms with Gasteiger partial charge in [-0.3, -0.25) is 0 Å². The molecule has 0 aromatic rings. The van der Waals surface area contributed by atoms with Gasteiger partial charge in [0.05, 0.1) is 12.7 Å². The quantitative estimate of drug-likeness (QED) is 0.494. The molecular formula is C7H12O. The summed E-state index contributed by atoms with van der Waals surface area (Å²) >= 11 is 0. The first kappa shape index (κ1) is 5.83. The zero-order valence-electron chi connectivity index (χ0n) is 5.26. The van der Waals surface area contributed by atoms with Gasteiger partial charge < -0.3 is 4.74 Å². The number of ether oxygens (including phenoxy) is 1. The van der Waals surface area contributed by atoms with Gasteiger partial charge in [-0.25, -0.2) is 0 Å². The molecule has 1 heterocycles. The molecule has 0 radical (unpaired) electrons. The van der Waals surface area contributed by atoms with Gasteiger partial charge in [0.25, 0.3) is 0 Å². The summed E-state index contributed by atoms with van der Waals surface area (Å²) in [7, 11) is 0. The Morgan fingerprint density at radius 1 is 1.75 bits per heavy atom. The van der Waals surface area contributed by atoms with Gasteiger partial charge in [-0.15, -0.1) is 0 Å². The Labute approximate surface area is 50.3 Å². The lowest BCUT2D eigenvalue weighted by Gasteiger charge is -2.03. The highest BCUT2D eigenvalue weighted by Gasteiger charge is 2.05. The number of hydrogen-bond acceptors (Lipinski definition) is 1. The molecule has 0 aromatic heterocycles. The standard InChI is InChI=1S/C7H12O/c1-2-4-7-5-3-6-8-7/h3,5,7H,2,4,6H2,1H3/t7-/m1/s1. The van der Waals surface area contributed by atoms with E-state index in [0.29, 0.717) is 6.10 Å². The SMILES string of the molecule is CCC[C@@H]1C=CCO1. The highest BCUT2D eigenvalue weighted by atomic mass is 16.5. The Balaban J connectivity index is 2.16. The summed E-state index contributed by atoms with van der Waals surface area (Å²) in [5, 5.41) is 0. The summed E-state index contributed by atoms with van der Waals surface area (Å²) in [6.45, 7) is 3.00. The van der Waals surface area contributed by atoms with Crippen molar-refractivity contribution in [2.24, 2.45) is 0 Å². The number of hydrogen-bond donors (Lipinski definition) is 0. The second kappa shape index (κ2) is 2.88. The van der Waals surface area contributed by atoms with E-state index in [4.69, 9.17) is 4.74 Å². The minimum absolute atomic E-state index is 0.431. The van der Waals surface area contributed by atoms with Crippen LogP contribution in [0.5, 0.6) is 0 Å². The maximum Gasteiger partial charge on any atom is 0.0760 e. The van der Waals surface area contributed by atoms with Crippen LogP contribution in [0.15, 0.2) is 12.2 Å². The van der Waals surface area contributed by atoms with Crippen LogP contribution in [0.4, 0.5) is 0 Å². The van der Waals surface area contributed by atoms with E-state index in [1.165, 1.54) is 12.8 Å². The molecule has 1 rings (SSSR count). The molecule has 1 aliphatic heterocycles. The molecule has 0 amide bonds. The molecule has 1 nitrogen and oxygen atoms in total. The number of rotatable bonds is 2. The minimum atomic E-state index is 0.431. The molecule has 0 unspecified atom stereocenters. The maximum absolute atomic E-state index is 5.28. The van der Waals surface area contributed by atoms with E-state index in [9.17, 15) is 0 Å². The van der Waals surface area contributed by atoms with Crippen LogP contribution in [0, 0.1) is 0 Å². The topological polar surface area (TPSA) is 9.23 Å². The molecular weight excluding hydrogens is 100 g/mol. The zero-order valence-corrected chi connectivity index (χ0v) is 5.26. The van der Waals surface area contributed by atoms with Crippen molar-refractivity contribution in [3.8, 4) is 0 Å². The van der Waals surface area contributed by atoms with Gasteiger partial charge in [0.1, 0.15) is 0 Å². The van der Waals surface area contributed by atoms with Crippen LogP contribution in [0.2, 0.25) is 0 Å². The first-order chi connectivity index (χ1) is 3.93. The predicted octanol–water partition coefficient (Wildman–Crippen LogP) is 1.74. The Bertz CT molecular complexity index is 86.4. The first-order valence-electron chi connectivity index (χ1n) is 3.21. The molecule has 0 aromatic carbocycles. The molecule has 0 bridgehead atoms. The zero-order chi connectivity index (χ0) is 5.82. The lowest BCUT2D eigenvalue weighted by atomic mass is 10.2. The summed E-state index contributed by atoms with van der Waals surface area (Å²) in [5.74, 6) is 0. The Kier molecular flexibility index (Phi) is 2.10.